The summed E-state index contributed by atoms with van der Waals surface area (Å²) in [5.41, 5.74) is 0.764. The van der Waals surface area contributed by atoms with Crippen molar-refractivity contribution in [3.8, 4) is 0 Å². The number of fused-ring (bicyclic) bond motifs is 5. The Morgan fingerprint density at radius 1 is 1.30 bits per heavy atom. The van der Waals surface area contributed by atoms with E-state index in [4.69, 9.17) is 27.9 Å². The fourth-order valence-corrected chi connectivity index (χ4v) is 8.39. The van der Waals surface area contributed by atoms with Gasteiger partial charge in [0.05, 0.1) is 0 Å². The average molecular weight is 453 g/mol. The summed E-state index contributed by atoms with van der Waals surface area (Å²) in [5.74, 6) is 2.48. The van der Waals surface area contributed by atoms with Crippen LogP contribution >= 0.6 is 23.2 Å². The van der Waals surface area contributed by atoms with Crippen LogP contribution in [0.3, 0.4) is 0 Å². The van der Waals surface area contributed by atoms with Crippen LogP contribution in [-0.4, -0.2) is 23.7 Å². The van der Waals surface area contributed by atoms with Crippen LogP contribution in [0.1, 0.15) is 60.3 Å². The second kappa shape index (κ2) is 7.66. The van der Waals surface area contributed by atoms with E-state index >= 15 is 0 Å². The average Bonchev–Trinajstić information content (AvgIpc) is 2.95. The van der Waals surface area contributed by atoms with E-state index in [0.29, 0.717) is 41.9 Å². The number of allylic oxidation sites excluding steroid dienone is 4. The second-order valence-electron chi connectivity index (χ2n) is 10.9. The van der Waals surface area contributed by atoms with E-state index in [1.165, 1.54) is 6.92 Å². The zero-order chi connectivity index (χ0) is 22.0. The monoisotopic (exact) mass is 452 g/mol. The number of halogens is 2. The van der Waals surface area contributed by atoms with Gasteiger partial charge in [0.25, 0.3) is 0 Å². The minimum atomic E-state index is -0.183. The Morgan fingerprint density at radius 3 is 2.60 bits per heavy atom. The van der Waals surface area contributed by atoms with Crippen molar-refractivity contribution >= 4 is 35.0 Å². The van der Waals surface area contributed by atoms with Gasteiger partial charge in [0.2, 0.25) is 0 Å². The van der Waals surface area contributed by atoms with Crippen molar-refractivity contribution < 1.29 is 14.3 Å². The maximum absolute atomic E-state index is 12.4. The number of carbonyl (C=O) groups excluding carboxylic acids is 2. The minimum Gasteiger partial charge on any atom is -0.462 e. The van der Waals surface area contributed by atoms with Crippen LogP contribution in [0.5, 0.6) is 0 Å². The van der Waals surface area contributed by atoms with Gasteiger partial charge >= 0.3 is 5.97 Å². The Kier molecular flexibility index (Phi) is 5.72. The van der Waals surface area contributed by atoms with Gasteiger partial charge in [-0.25, -0.2) is 0 Å². The Balaban J connectivity index is 1.79. The van der Waals surface area contributed by atoms with E-state index < -0.39 is 0 Å². The highest BCUT2D eigenvalue weighted by Crippen LogP contribution is 2.67. The summed E-state index contributed by atoms with van der Waals surface area (Å²) < 4.78 is 5.98. The molecule has 8 atom stereocenters. The summed E-state index contributed by atoms with van der Waals surface area (Å²) in [7, 11) is 0. The molecule has 2 fully saturated rings. The molecular formula is C25H34Cl2O3. The van der Waals surface area contributed by atoms with Gasteiger partial charge in [0.15, 0.2) is 5.78 Å². The highest BCUT2D eigenvalue weighted by molar-refractivity contribution is 6.32. The molecule has 0 bridgehead atoms. The predicted molar refractivity (Wildman–Crippen MR) is 120 cm³/mol. The number of hydrogen-bond acceptors (Lipinski definition) is 3. The molecular weight excluding hydrogens is 419 g/mol. The first kappa shape index (κ1) is 22.4. The van der Waals surface area contributed by atoms with Crippen molar-refractivity contribution in [3.63, 3.8) is 0 Å². The third-order valence-corrected chi connectivity index (χ3v) is 9.92. The molecule has 0 amide bonds. The molecule has 0 N–H and O–H groups in total. The standard InChI is InChI=1S/C25H34Cl2O3/c1-13(2)17-10-20-18-11-22(27)21-9-16(29)8-15(12-26)25(21,5)19(18)6-7-24(20,4)23(17)30-14(3)28/h9,11,13,15,17-20,23H,6-8,10,12H2,1-5H3/t15?,17?,18-,19+,20+,23?,24+,25-/m1/s1. The molecule has 3 nitrogen and oxygen atoms in total. The lowest BCUT2D eigenvalue weighted by atomic mass is 9.47. The molecule has 4 rings (SSSR count). The number of ketones is 1. The van der Waals surface area contributed by atoms with Crippen LogP contribution < -0.4 is 0 Å². The maximum atomic E-state index is 12.4. The molecule has 4 aliphatic carbocycles. The van der Waals surface area contributed by atoms with Gasteiger partial charge in [-0.05, 0) is 66.4 Å². The number of ether oxygens (including phenoxy) is 1. The molecule has 2 saturated carbocycles. The molecule has 0 aromatic heterocycles. The summed E-state index contributed by atoms with van der Waals surface area (Å²) in [6.07, 6.45) is 7.57. The molecule has 0 aromatic rings. The summed E-state index contributed by atoms with van der Waals surface area (Å²) in [5, 5.41) is 0.725. The van der Waals surface area contributed by atoms with E-state index in [1.807, 2.05) is 0 Å². The van der Waals surface area contributed by atoms with Crippen LogP contribution in [0.2, 0.25) is 0 Å². The van der Waals surface area contributed by atoms with E-state index in [-0.39, 0.29) is 34.6 Å². The molecule has 4 aliphatic rings. The third kappa shape index (κ3) is 3.13. The largest absolute Gasteiger partial charge is 0.462 e. The number of esters is 1. The van der Waals surface area contributed by atoms with Crippen LogP contribution in [0.4, 0.5) is 0 Å². The molecule has 0 aromatic carbocycles. The maximum Gasteiger partial charge on any atom is 0.302 e. The molecule has 0 spiro atoms. The fraction of sp³-hybridized carbons (Fsp3) is 0.760. The predicted octanol–water partition coefficient (Wildman–Crippen LogP) is 6.14. The molecule has 0 aliphatic heterocycles. The number of alkyl halides is 1. The van der Waals surface area contributed by atoms with Crippen LogP contribution in [0, 0.1) is 46.3 Å². The first-order chi connectivity index (χ1) is 14.0. The van der Waals surface area contributed by atoms with Crippen molar-refractivity contribution in [2.24, 2.45) is 46.3 Å². The van der Waals surface area contributed by atoms with Crippen LogP contribution in [-0.2, 0) is 14.3 Å². The van der Waals surface area contributed by atoms with Gasteiger partial charge in [0, 0.05) is 35.1 Å². The smallest absolute Gasteiger partial charge is 0.302 e. The van der Waals surface area contributed by atoms with Crippen molar-refractivity contribution in [1.82, 2.24) is 0 Å². The normalized spacial score (nSPS) is 45.3. The van der Waals surface area contributed by atoms with Gasteiger partial charge in [-0.2, -0.15) is 0 Å². The lowest BCUT2D eigenvalue weighted by molar-refractivity contribution is -0.160. The van der Waals surface area contributed by atoms with Crippen molar-refractivity contribution in [3.05, 3.63) is 22.8 Å². The lowest BCUT2D eigenvalue weighted by Gasteiger charge is -2.58. The Bertz CT molecular complexity index is 815. The molecule has 3 unspecified atom stereocenters. The SMILES string of the molecule is CC(=O)OC1C(C(C)C)C[C@H]2[C@@H]3C=C(Cl)C4=CC(=O)CC(CCl)[C@]4(C)[C@H]3CC[C@]12C. The quantitative estimate of drug-likeness (QED) is 0.381. The van der Waals surface area contributed by atoms with Crippen LogP contribution in [0.15, 0.2) is 22.8 Å². The third-order valence-electron chi connectivity index (χ3n) is 9.22. The summed E-state index contributed by atoms with van der Waals surface area (Å²) in [6, 6.07) is 0. The Labute approximate surface area is 190 Å². The lowest BCUT2D eigenvalue weighted by Crippen LogP contribution is -2.53. The number of carbonyl (C=O) groups is 2. The second-order valence-corrected chi connectivity index (χ2v) is 11.6. The molecule has 5 heteroatoms. The highest BCUT2D eigenvalue weighted by Gasteiger charge is 2.63. The Morgan fingerprint density at radius 2 is 2.00 bits per heavy atom. The molecule has 0 heterocycles. The molecule has 0 radical (unpaired) electrons. The van der Waals surface area contributed by atoms with Crippen LogP contribution in [0.25, 0.3) is 0 Å². The van der Waals surface area contributed by atoms with Crippen molar-refractivity contribution in [2.75, 3.05) is 5.88 Å². The highest BCUT2D eigenvalue weighted by atomic mass is 35.5. The van der Waals surface area contributed by atoms with Gasteiger partial charge in [-0.15, -0.1) is 11.6 Å². The Hall–Kier alpha value is -0.800. The first-order valence-electron chi connectivity index (χ1n) is 11.4. The van der Waals surface area contributed by atoms with E-state index in [1.54, 1.807) is 6.08 Å². The van der Waals surface area contributed by atoms with Gasteiger partial charge < -0.3 is 4.74 Å². The minimum absolute atomic E-state index is 0.0466. The van der Waals surface area contributed by atoms with E-state index in [0.717, 1.165) is 29.9 Å². The van der Waals surface area contributed by atoms with Gasteiger partial charge in [0.1, 0.15) is 6.10 Å². The topological polar surface area (TPSA) is 43.4 Å². The summed E-state index contributed by atoms with van der Waals surface area (Å²) in [4.78, 5) is 24.3. The van der Waals surface area contributed by atoms with Gasteiger partial charge in [-0.1, -0.05) is 45.4 Å². The molecule has 30 heavy (non-hydrogen) atoms. The summed E-state index contributed by atoms with van der Waals surface area (Å²) >= 11 is 13.3. The van der Waals surface area contributed by atoms with E-state index in [9.17, 15) is 9.59 Å². The molecule has 166 valence electrons. The van der Waals surface area contributed by atoms with E-state index in [2.05, 4.69) is 33.8 Å². The number of rotatable bonds is 3. The van der Waals surface area contributed by atoms with Crippen molar-refractivity contribution in [1.29, 1.82) is 0 Å². The fourth-order valence-electron chi connectivity index (χ4n) is 7.56. The summed E-state index contributed by atoms with van der Waals surface area (Å²) in [6.45, 7) is 10.6. The van der Waals surface area contributed by atoms with Crippen molar-refractivity contribution in [2.45, 2.75) is 66.4 Å². The zero-order valence-electron chi connectivity index (χ0n) is 18.7. The zero-order valence-corrected chi connectivity index (χ0v) is 20.2. The first-order valence-corrected chi connectivity index (χ1v) is 12.3. The van der Waals surface area contributed by atoms with Gasteiger partial charge in [-0.3, -0.25) is 9.59 Å². The molecule has 0 saturated heterocycles. The number of hydrogen-bond donors (Lipinski definition) is 0.